The van der Waals surface area contributed by atoms with E-state index in [9.17, 15) is 9.59 Å². The molecule has 1 aliphatic rings. The van der Waals surface area contributed by atoms with Crippen LogP contribution >= 0.6 is 0 Å². The van der Waals surface area contributed by atoms with Crippen LogP contribution in [0.2, 0.25) is 25.7 Å². The monoisotopic (exact) mass is 445 g/mol. The van der Waals surface area contributed by atoms with Crippen molar-refractivity contribution in [2.24, 2.45) is 0 Å². The van der Waals surface area contributed by atoms with Gasteiger partial charge in [-0.3, -0.25) is 9.59 Å². The Morgan fingerprint density at radius 1 is 1.32 bits per heavy atom. The van der Waals surface area contributed by atoms with E-state index in [0.29, 0.717) is 42.5 Å². The van der Waals surface area contributed by atoms with E-state index in [2.05, 4.69) is 35.3 Å². The molecule has 2 heterocycles. The molecule has 0 saturated heterocycles. The molecule has 2 amide bonds. The SMILES string of the molecule is CCNC(=O)CC(C)NC(=O)c1cn(COCC[Si](C)(C)C)c2ncc(C3CC3)nc12. The van der Waals surface area contributed by atoms with Crippen molar-refractivity contribution < 1.29 is 14.3 Å². The zero-order chi connectivity index (χ0) is 22.6. The lowest BCUT2D eigenvalue weighted by molar-refractivity contribution is -0.121. The molecule has 31 heavy (non-hydrogen) atoms. The maximum atomic E-state index is 13.0. The Bertz CT molecular complexity index is 933. The lowest BCUT2D eigenvalue weighted by Crippen LogP contribution is -2.37. The molecule has 1 atom stereocenters. The van der Waals surface area contributed by atoms with Gasteiger partial charge in [0.1, 0.15) is 12.2 Å². The van der Waals surface area contributed by atoms with Crippen molar-refractivity contribution in [3.63, 3.8) is 0 Å². The third-order valence-corrected chi connectivity index (χ3v) is 7.00. The largest absolute Gasteiger partial charge is 0.361 e. The van der Waals surface area contributed by atoms with Crippen molar-refractivity contribution in [2.45, 2.75) is 77.5 Å². The molecular formula is C22H35N5O3Si. The fourth-order valence-electron chi connectivity index (χ4n) is 3.35. The number of carbonyl (C=O) groups excluding carboxylic acids is 2. The van der Waals surface area contributed by atoms with Crippen LogP contribution in [0.5, 0.6) is 0 Å². The van der Waals surface area contributed by atoms with E-state index in [1.165, 1.54) is 0 Å². The lowest BCUT2D eigenvalue weighted by Gasteiger charge is -2.15. The molecule has 2 N–H and O–H groups in total. The predicted octanol–water partition coefficient (Wildman–Crippen LogP) is 3.27. The van der Waals surface area contributed by atoms with Gasteiger partial charge in [-0.2, -0.15) is 0 Å². The van der Waals surface area contributed by atoms with Crippen LogP contribution in [0, 0.1) is 0 Å². The number of hydrogen-bond donors (Lipinski definition) is 2. The van der Waals surface area contributed by atoms with E-state index in [1.54, 1.807) is 6.20 Å². The van der Waals surface area contributed by atoms with Crippen LogP contribution in [-0.2, 0) is 16.3 Å². The van der Waals surface area contributed by atoms with Crippen LogP contribution in [-0.4, -0.2) is 53.6 Å². The second-order valence-electron chi connectivity index (χ2n) is 9.63. The number of hydrogen-bond acceptors (Lipinski definition) is 5. The minimum Gasteiger partial charge on any atom is -0.361 e. The molecule has 2 aromatic heterocycles. The number of carbonyl (C=O) groups is 2. The first-order valence-corrected chi connectivity index (χ1v) is 14.9. The molecule has 3 rings (SSSR count). The smallest absolute Gasteiger partial charge is 0.255 e. The van der Waals surface area contributed by atoms with Gasteiger partial charge >= 0.3 is 0 Å². The summed E-state index contributed by atoms with van der Waals surface area (Å²) in [5.74, 6) is 0.120. The molecule has 2 aromatic rings. The number of amides is 2. The van der Waals surface area contributed by atoms with E-state index in [0.717, 1.165) is 24.6 Å². The zero-order valence-corrected chi connectivity index (χ0v) is 20.3. The van der Waals surface area contributed by atoms with E-state index in [1.807, 2.05) is 24.6 Å². The second kappa shape index (κ2) is 9.91. The Morgan fingerprint density at radius 2 is 2.06 bits per heavy atom. The summed E-state index contributed by atoms with van der Waals surface area (Å²) < 4.78 is 7.75. The summed E-state index contributed by atoms with van der Waals surface area (Å²) in [5, 5.41) is 5.69. The summed E-state index contributed by atoms with van der Waals surface area (Å²) in [4.78, 5) is 34.2. The molecule has 1 saturated carbocycles. The maximum Gasteiger partial charge on any atom is 0.255 e. The summed E-state index contributed by atoms with van der Waals surface area (Å²) in [7, 11) is -1.17. The summed E-state index contributed by atoms with van der Waals surface area (Å²) in [6.45, 7) is 12.2. The second-order valence-corrected chi connectivity index (χ2v) is 15.3. The van der Waals surface area contributed by atoms with E-state index < -0.39 is 8.07 Å². The highest BCUT2D eigenvalue weighted by atomic mass is 28.3. The van der Waals surface area contributed by atoms with Gasteiger partial charge in [-0.25, -0.2) is 9.97 Å². The first kappa shape index (κ1) is 23.4. The van der Waals surface area contributed by atoms with Crippen LogP contribution in [0.15, 0.2) is 12.4 Å². The Labute approximate surface area is 185 Å². The molecule has 0 bridgehead atoms. The molecule has 0 aromatic carbocycles. The number of nitrogens with one attached hydrogen (secondary N) is 2. The summed E-state index contributed by atoms with van der Waals surface area (Å²) in [6, 6.07) is 0.791. The van der Waals surface area contributed by atoms with Gasteiger partial charge < -0.3 is 19.9 Å². The van der Waals surface area contributed by atoms with Crippen LogP contribution in [0.3, 0.4) is 0 Å². The molecule has 0 aliphatic heterocycles. The fraction of sp³-hybridized carbons (Fsp3) is 0.636. The highest BCUT2D eigenvalue weighted by Crippen LogP contribution is 2.39. The lowest BCUT2D eigenvalue weighted by atomic mass is 10.2. The quantitative estimate of drug-likeness (QED) is 0.409. The Morgan fingerprint density at radius 3 is 2.71 bits per heavy atom. The van der Waals surface area contributed by atoms with Crippen LogP contribution < -0.4 is 10.6 Å². The van der Waals surface area contributed by atoms with Crippen molar-refractivity contribution >= 4 is 31.1 Å². The third kappa shape index (κ3) is 6.61. The third-order valence-electron chi connectivity index (χ3n) is 5.29. The van der Waals surface area contributed by atoms with E-state index in [-0.39, 0.29) is 24.3 Å². The van der Waals surface area contributed by atoms with E-state index >= 15 is 0 Å². The first-order valence-electron chi connectivity index (χ1n) is 11.2. The van der Waals surface area contributed by atoms with Gasteiger partial charge in [0.2, 0.25) is 5.91 Å². The average molecular weight is 446 g/mol. The summed E-state index contributed by atoms with van der Waals surface area (Å²) in [6.07, 6.45) is 6.05. The zero-order valence-electron chi connectivity index (χ0n) is 19.3. The number of ether oxygens (including phenoxy) is 1. The van der Waals surface area contributed by atoms with Gasteiger partial charge in [-0.05, 0) is 32.7 Å². The molecule has 1 fully saturated rings. The van der Waals surface area contributed by atoms with Crippen LogP contribution in [0.4, 0.5) is 0 Å². The molecule has 9 heteroatoms. The van der Waals surface area contributed by atoms with Crippen molar-refractivity contribution in [2.75, 3.05) is 13.2 Å². The van der Waals surface area contributed by atoms with Crippen molar-refractivity contribution in [3.05, 3.63) is 23.7 Å². The minimum atomic E-state index is -1.17. The van der Waals surface area contributed by atoms with Gasteiger partial charge in [0.05, 0.1) is 17.5 Å². The summed E-state index contributed by atoms with van der Waals surface area (Å²) >= 11 is 0. The maximum absolute atomic E-state index is 13.0. The first-order chi connectivity index (χ1) is 14.7. The van der Waals surface area contributed by atoms with Gasteiger partial charge in [0.25, 0.3) is 5.91 Å². The van der Waals surface area contributed by atoms with E-state index in [4.69, 9.17) is 9.72 Å². The van der Waals surface area contributed by atoms with Crippen molar-refractivity contribution in [1.29, 1.82) is 0 Å². The molecule has 1 aliphatic carbocycles. The van der Waals surface area contributed by atoms with Gasteiger partial charge in [-0.15, -0.1) is 0 Å². The average Bonchev–Trinajstić information content (AvgIpc) is 3.46. The number of nitrogens with zero attached hydrogens (tertiary/aromatic N) is 3. The molecule has 8 nitrogen and oxygen atoms in total. The number of aromatic nitrogens is 3. The Hall–Kier alpha value is -2.26. The molecular weight excluding hydrogens is 410 g/mol. The molecule has 1 unspecified atom stereocenters. The number of fused-ring (bicyclic) bond motifs is 1. The Balaban J connectivity index is 1.77. The van der Waals surface area contributed by atoms with Crippen molar-refractivity contribution in [1.82, 2.24) is 25.2 Å². The van der Waals surface area contributed by atoms with Crippen LogP contribution in [0.1, 0.15) is 55.1 Å². The standard InChI is InChI=1S/C22H35N5O3Si/c1-6-23-19(28)11-15(2)25-22(29)17-13-27(14-30-9-10-31(3,4)5)21-20(17)26-18(12-24-21)16-7-8-16/h12-13,15-16H,6-11,14H2,1-5H3,(H,23,28)(H,25,29). The molecule has 0 spiro atoms. The Kier molecular flexibility index (Phi) is 7.48. The van der Waals surface area contributed by atoms with Gasteiger partial charge in [0, 0.05) is 45.8 Å². The topological polar surface area (TPSA) is 98.1 Å². The normalized spacial score (nSPS) is 15.1. The number of rotatable bonds is 11. The minimum absolute atomic E-state index is 0.0793. The highest BCUT2D eigenvalue weighted by Gasteiger charge is 2.27. The predicted molar refractivity (Wildman–Crippen MR) is 124 cm³/mol. The van der Waals surface area contributed by atoms with Crippen molar-refractivity contribution in [3.8, 4) is 0 Å². The fourth-order valence-corrected chi connectivity index (χ4v) is 4.10. The highest BCUT2D eigenvalue weighted by molar-refractivity contribution is 6.76. The summed E-state index contributed by atoms with van der Waals surface area (Å²) in [5.41, 5.74) is 2.66. The van der Waals surface area contributed by atoms with Gasteiger partial charge in [0.15, 0.2) is 5.65 Å². The van der Waals surface area contributed by atoms with Gasteiger partial charge in [-0.1, -0.05) is 19.6 Å². The van der Waals surface area contributed by atoms with Crippen LogP contribution in [0.25, 0.3) is 11.2 Å². The molecule has 0 radical (unpaired) electrons. The molecule has 170 valence electrons.